The van der Waals surface area contributed by atoms with Crippen molar-refractivity contribution in [2.75, 3.05) is 6.54 Å². The molecule has 22 heavy (non-hydrogen) atoms. The number of carbonyl (C=O) groups excluding carboxylic acids is 1. The van der Waals surface area contributed by atoms with Gasteiger partial charge in [-0.15, -0.1) is 0 Å². The van der Waals surface area contributed by atoms with Gasteiger partial charge in [0.05, 0.1) is 5.02 Å². The van der Waals surface area contributed by atoms with E-state index in [1.165, 1.54) is 22.8 Å². The molecule has 1 fully saturated rings. The molecule has 0 spiro atoms. The van der Waals surface area contributed by atoms with Crippen molar-refractivity contribution in [3.8, 4) is 11.4 Å². The molecule has 1 N–H and O–H groups in total. The molecule has 0 unspecified atom stereocenters. The van der Waals surface area contributed by atoms with E-state index >= 15 is 0 Å². The predicted molar refractivity (Wildman–Crippen MR) is 76.9 cm³/mol. The Balaban J connectivity index is 1.76. The quantitative estimate of drug-likeness (QED) is 0.909. The van der Waals surface area contributed by atoms with Crippen LogP contribution in [0.2, 0.25) is 5.02 Å². The third-order valence-electron chi connectivity index (χ3n) is 3.45. The highest BCUT2D eigenvalue weighted by Crippen LogP contribution is 2.28. The second kappa shape index (κ2) is 5.92. The molecule has 0 saturated heterocycles. The number of nitrogens with zero attached hydrogens (tertiary/aromatic N) is 2. The van der Waals surface area contributed by atoms with Crippen molar-refractivity contribution in [3.63, 3.8) is 0 Å². The summed E-state index contributed by atoms with van der Waals surface area (Å²) in [5.74, 6) is -0.853. The predicted octanol–water partition coefficient (Wildman–Crippen LogP) is 1.82. The molecule has 1 aromatic carbocycles. The maximum atomic E-state index is 13.2. The summed E-state index contributed by atoms with van der Waals surface area (Å²) in [5.41, 5.74) is 0.464. The van der Waals surface area contributed by atoms with E-state index in [9.17, 15) is 14.0 Å². The van der Waals surface area contributed by atoms with Gasteiger partial charge in [-0.05, 0) is 31.0 Å². The molecule has 0 aliphatic heterocycles. The highest BCUT2D eigenvalue weighted by Gasteiger charge is 2.29. The highest BCUT2D eigenvalue weighted by molar-refractivity contribution is 6.31. The molecular weight excluding hydrogens is 313 g/mol. The van der Waals surface area contributed by atoms with Crippen molar-refractivity contribution >= 4 is 17.5 Å². The van der Waals surface area contributed by atoms with Gasteiger partial charge in [-0.2, -0.15) is 0 Å². The summed E-state index contributed by atoms with van der Waals surface area (Å²) in [6.45, 7) is 0.503. The van der Waals surface area contributed by atoms with Crippen LogP contribution in [0.4, 0.5) is 4.39 Å². The first-order valence-electron chi connectivity index (χ1n) is 6.86. The van der Waals surface area contributed by atoms with Crippen LogP contribution in [-0.2, 0) is 11.3 Å². The number of aromatic nitrogens is 2. The van der Waals surface area contributed by atoms with Crippen LogP contribution in [0.5, 0.6) is 0 Å². The van der Waals surface area contributed by atoms with E-state index in [1.54, 1.807) is 0 Å². The van der Waals surface area contributed by atoms with Crippen LogP contribution in [0.1, 0.15) is 12.8 Å². The molecule has 3 rings (SSSR count). The van der Waals surface area contributed by atoms with Gasteiger partial charge in [-0.3, -0.25) is 13.9 Å². The molecule has 1 aliphatic carbocycles. The van der Waals surface area contributed by atoms with Crippen molar-refractivity contribution in [2.45, 2.75) is 19.4 Å². The summed E-state index contributed by atoms with van der Waals surface area (Å²) in [6.07, 6.45) is 1.83. The summed E-state index contributed by atoms with van der Waals surface area (Å²) in [5, 5.41) is 6.37. The molecule has 1 amide bonds. The highest BCUT2D eigenvalue weighted by atomic mass is 35.5. The lowest BCUT2D eigenvalue weighted by molar-refractivity contribution is -0.122. The van der Waals surface area contributed by atoms with E-state index in [-0.39, 0.29) is 29.2 Å². The summed E-state index contributed by atoms with van der Waals surface area (Å²) in [7, 11) is 0. The van der Waals surface area contributed by atoms with Gasteiger partial charge in [-0.1, -0.05) is 16.8 Å². The number of hydrogen-bond donors (Lipinski definition) is 1. The first-order valence-corrected chi connectivity index (χ1v) is 7.23. The minimum Gasteiger partial charge on any atom is -0.354 e. The van der Waals surface area contributed by atoms with Crippen molar-refractivity contribution in [2.24, 2.45) is 5.92 Å². The Morgan fingerprint density at radius 1 is 1.50 bits per heavy atom. The lowest BCUT2D eigenvalue weighted by atomic mass is 10.2. The van der Waals surface area contributed by atoms with E-state index in [0.717, 1.165) is 12.8 Å². The van der Waals surface area contributed by atoms with Crippen molar-refractivity contribution in [1.29, 1.82) is 0 Å². The number of benzene rings is 1. The Hall–Kier alpha value is -2.15. The van der Waals surface area contributed by atoms with E-state index in [1.807, 2.05) is 0 Å². The number of halogens is 2. The smallest absolute Gasteiger partial charge is 0.354 e. The van der Waals surface area contributed by atoms with Crippen LogP contribution < -0.4 is 11.1 Å². The van der Waals surface area contributed by atoms with Crippen LogP contribution in [-0.4, -0.2) is 22.2 Å². The zero-order valence-corrected chi connectivity index (χ0v) is 12.3. The van der Waals surface area contributed by atoms with Crippen molar-refractivity contribution < 1.29 is 13.7 Å². The Morgan fingerprint density at radius 2 is 2.27 bits per heavy atom. The molecular formula is C14H13ClFN3O3. The third kappa shape index (κ3) is 3.04. The molecule has 1 aliphatic rings. The van der Waals surface area contributed by atoms with Gasteiger partial charge in [0.15, 0.2) is 5.82 Å². The maximum absolute atomic E-state index is 13.2. The Kier molecular flexibility index (Phi) is 3.98. The number of rotatable bonds is 5. The van der Waals surface area contributed by atoms with Gasteiger partial charge in [0.1, 0.15) is 5.82 Å². The zero-order valence-electron chi connectivity index (χ0n) is 11.5. The van der Waals surface area contributed by atoms with Crippen LogP contribution in [0.25, 0.3) is 11.4 Å². The second-order valence-electron chi connectivity index (χ2n) is 5.12. The molecule has 0 radical (unpaired) electrons. The van der Waals surface area contributed by atoms with Gasteiger partial charge in [0, 0.05) is 24.6 Å². The van der Waals surface area contributed by atoms with Crippen LogP contribution in [0, 0.1) is 11.7 Å². The standard InChI is InChI=1S/C14H13ClFN3O3/c15-10-7-9(3-4-11(10)16)12-18-22-14(21)19(12)6-5-17-13(20)8-1-2-8/h3-4,7-8H,1-2,5-6H2,(H,17,20). The summed E-state index contributed by atoms with van der Waals surface area (Å²) in [6, 6.07) is 4.02. The summed E-state index contributed by atoms with van der Waals surface area (Å²) < 4.78 is 19.1. The summed E-state index contributed by atoms with van der Waals surface area (Å²) >= 11 is 5.73. The topological polar surface area (TPSA) is 77.1 Å². The molecule has 116 valence electrons. The lowest BCUT2D eigenvalue weighted by Crippen LogP contribution is -2.30. The lowest BCUT2D eigenvalue weighted by Gasteiger charge is -2.06. The van der Waals surface area contributed by atoms with Crippen molar-refractivity contribution in [3.05, 3.63) is 39.6 Å². The van der Waals surface area contributed by atoms with E-state index in [4.69, 9.17) is 11.6 Å². The SMILES string of the molecule is O=C(NCCn1c(-c2ccc(F)c(Cl)c2)noc1=O)C1CC1. The number of hydrogen-bond acceptors (Lipinski definition) is 4. The van der Waals surface area contributed by atoms with Crippen LogP contribution in [0.15, 0.2) is 27.5 Å². The molecule has 6 nitrogen and oxygen atoms in total. The molecule has 0 atom stereocenters. The fraction of sp³-hybridized carbons (Fsp3) is 0.357. The van der Waals surface area contributed by atoms with Gasteiger partial charge in [-0.25, -0.2) is 9.18 Å². The fourth-order valence-electron chi connectivity index (χ4n) is 2.09. The molecule has 1 heterocycles. The second-order valence-corrected chi connectivity index (χ2v) is 5.53. The number of amides is 1. The average molecular weight is 326 g/mol. The zero-order chi connectivity index (χ0) is 15.7. The third-order valence-corrected chi connectivity index (χ3v) is 3.74. The fourth-order valence-corrected chi connectivity index (χ4v) is 2.27. The Morgan fingerprint density at radius 3 is 2.95 bits per heavy atom. The van der Waals surface area contributed by atoms with Gasteiger partial charge in [0.25, 0.3) is 0 Å². The van der Waals surface area contributed by atoms with E-state index in [2.05, 4.69) is 15.0 Å². The van der Waals surface area contributed by atoms with Gasteiger partial charge < -0.3 is 5.32 Å². The molecule has 0 bridgehead atoms. The summed E-state index contributed by atoms with van der Waals surface area (Å²) in [4.78, 5) is 23.3. The van der Waals surface area contributed by atoms with E-state index < -0.39 is 11.6 Å². The van der Waals surface area contributed by atoms with Crippen molar-refractivity contribution in [1.82, 2.24) is 15.0 Å². The minimum absolute atomic E-state index is 0.00382. The monoisotopic (exact) mass is 325 g/mol. The number of nitrogens with one attached hydrogen (secondary N) is 1. The Bertz CT molecular complexity index is 767. The van der Waals surface area contributed by atoms with Gasteiger partial charge in [0.2, 0.25) is 5.91 Å². The van der Waals surface area contributed by atoms with Crippen LogP contribution >= 0.6 is 11.6 Å². The average Bonchev–Trinajstić information content (AvgIpc) is 3.28. The van der Waals surface area contributed by atoms with Gasteiger partial charge >= 0.3 is 5.76 Å². The molecule has 1 saturated carbocycles. The molecule has 8 heteroatoms. The first-order chi connectivity index (χ1) is 10.6. The minimum atomic E-state index is -0.642. The first kappa shape index (κ1) is 14.8. The Labute approximate surface area is 129 Å². The molecule has 2 aromatic rings. The number of carbonyl (C=O) groups is 1. The molecule has 1 aromatic heterocycles. The normalized spacial score (nSPS) is 14.1. The largest absolute Gasteiger partial charge is 0.441 e. The van der Waals surface area contributed by atoms with Crippen LogP contribution in [0.3, 0.4) is 0 Å². The maximum Gasteiger partial charge on any atom is 0.441 e. The van der Waals surface area contributed by atoms with E-state index in [0.29, 0.717) is 12.1 Å².